The summed E-state index contributed by atoms with van der Waals surface area (Å²) >= 11 is 0.668. The van der Waals surface area contributed by atoms with Crippen molar-refractivity contribution in [3.05, 3.63) is 75.5 Å². The Balaban J connectivity index is 1.61. The predicted octanol–water partition coefficient (Wildman–Crippen LogP) is 4.25. The fourth-order valence-corrected chi connectivity index (χ4v) is 5.00. The summed E-state index contributed by atoms with van der Waals surface area (Å²) < 4.78 is 33.4. The molecule has 0 unspecified atom stereocenters. The van der Waals surface area contributed by atoms with Gasteiger partial charge in [0.05, 0.1) is 15.4 Å². The summed E-state index contributed by atoms with van der Waals surface area (Å²) in [7, 11) is -3.88. The lowest BCUT2D eigenvalue weighted by atomic mass is 9.87. The molecule has 0 aliphatic heterocycles. The lowest BCUT2D eigenvalue weighted by molar-refractivity contribution is -0.380. The van der Waals surface area contributed by atoms with Gasteiger partial charge in [-0.3, -0.25) is 24.9 Å². The third-order valence-electron chi connectivity index (χ3n) is 4.97. The molecule has 190 valence electrons. The minimum absolute atomic E-state index is 0.00246. The molecular formula is C23H24N4O7S2. The molecule has 2 N–H and O–H groups in total. The van der Waals surface area contributed by atoms with Crippen LogP contribution in [0.25, 0.3) is 0 Å². The van der Waals surface area contributed by atoms with E-state index < -0.39 is 33.4 Å². The van der Waals surface area contributed by atoms with Crippen molar-refractivity contribution in [3.8, 4) is 0 Å². The van der Waals surface area contributed by atoms with Gasteiger partial charge in [0.1, 0.15) is 6.20 Å². The van der Waals surface area contributed by atoms with Gasteiger partial charge in [-0.2, -0.15) is 0 Å². The Morgan fingerprint density at radius 1 is 1.14 bits per heavy atom. The number of ether oxygens (including phenoxy) is 1. The van der Waals surface area contributed by atoms with Gasteiger partial charge in [0.25, 0.3) is 15.9 Å². The van der Waals surface area contributed by atoms with Gasteiger partial charge < -0.3 is 4.74 Å². The zero-order valence-corrected chi connectivity index (χ0v) is 21.5. The second-order valence-corrected chi connectivity index (χ2v) is 11.5. The molecule has 11 nitrogen and oxygen atoms in total. The number of nitro groups is 1. The molecule has 0 aliphatic carbocycles. The van der Waals surface area contributed by atoms with E-state index in [1.807, 2.05) is 26.8 Å². The number of carbonyl (C=O) groups is 2. The second-order valence-electron chi connectivity index (χ2n) is 8.80. The molecule has 0 bridgehead atoms. The van der Waals surface area contributed by atoms with Crippen LogP contribution < -0.4 is 10.0 Å². The lowest BCUT2D eigenvalue weighted by Crippen LogP contribution is -2.21. The summed E-state index contributed by atoms with van der Waals surface area (Å²) in [5.74, 6) is -1.52. The molecule has 0 aliphatic rings. The largest absolute Gasteiger partial charge is 0.452 e. The Labute approximate surface area is 211 Å². The monoisotopic (exact) mass is 532 g/mol. The predicted molar refractivity (Wildman–Crippen MR) is 135 cm³/mol. The number of aryl methyl sites for hydroxylation is 1. The Morgan fingerprint density at radius 3 is 2.39 bits per heavy atom. The van der Waals surface area contributed by atoms with Gasteiger partial charge in [0.2, 0.25) is 0 Å². The number of aromatic nitrogens is 1. The van der Waals surface area contributed by atoms with E-state index in [2.05, 4.69) is 15.0 Å². The average Bonchev–Trinajstić information content (AvgIpc) is 3.26. The number of nitrogens with one attached hydrogen (secondary N) is 2. The first-order chi connectivity index (χ1) is 16.8. The molecule has 13 heteroatoms. The van der Waals surface area contributed by atoms with Crippen molar-refractivity contribution in [2.24, 2.45) is 0 Å². The summed E-state index contributed by atoms with van der Waals surface area (Å²) in [5, 5.41) is 12.7. The molecule has 3 rings (SSSR count). The van der Waals surface area contributed by atoms with E-state index in [1.54, 1.807) is 19.1 Å². The highest BCUT2D eigenvalue weighted by molar-refractivity contribution is 7.92. The molecule has 36 heavy (non-hydrogen) atoms. The van der Waals surface area contributed by atoms with Crippen molar-refractivity contribution in [3.63, 3.8) is 0 Å². The van der Waals surface area contributed by atoms with E-state index >= 15 is 0 Å². The van der Waals surface area contributed by atoms with Gasteiger partial charge in [0, 0.05) is 5.69 Å². The van der Waals surface area contributed by atoms with Crippen molar-refractivity contribution < 1.29 is 27.7 Å². The second kappa shape index (κ2) is 10.4. The first-order valence-corrected chi connectivity index (χ1v) is 12.9. The van der Waals surface area contributed by atoms with Crippen molar-refractivity contribution in [1.82, 2.24) is 4.98 Å². The SMILES string of the molecule is Cc1ccc(C(C)(C)C)cc1S(=O)(=O)Nc1ccc(C(=O)OCC(=O)Nc2ncc([N+](=O)[O-])s2)cc1. The summed E-state index contributed by atoms with van der Waals surface area (Å²) in [6.07, 6.45) is 1.00. The van der Waals surface area contributed by atoms with Crippen LogP contribution in [0.5, 0.6) is 0 Å². The third-order valence-corrected chi connectivity index (χ3v) is 7.36. The molecule has 0 radical (unpaired) electrons. The van der Waals surface area contributed by atoms with Crippen molar-refractivity contribution >= 4 is 49.1 Å². The van der Waals surface area contributed by atoms with Crippen LogP contribution in [0, 0.1) is 17.0 Å². The van der Waals surface area contributed by atoms with Crippen LogP contribution in [0.3, 0.4) is 0 Å². The van der Waals surface area contributed by atoms with Crippen LogP contribution in [0.1, 0.15) is 42.3 Å². The molecule has 1 amide bonds. The maximum Gasteiger partial charge on any atom is 0.345 e. The number of hydrogen-bond donors (Lipinski definition) is 2. The van der Waals surface area contributed by atoms with Crippen molar-refractivity contribution in [1.29, 1.82) is 0 Å². The molecule has 1 aromatic heterocycles. The number of anilines is 2. The number of rotatable bonds is 8. The van der Waals surface area contributed by atoms with E-state index in [1.165, 1.54) is 24.3 Å². The molecule has 2 aromatic carbocycles. The highest BCUT2D eigenvalue weighted by Crippen LogP contribution is 2.28. The standard InChI is InChI=1S/C23H24N4O7S2/c1-14-5-8-16(23(2,3)4)11-18(14)36(32,33)26-17-9-6-15(7-10-17)21(29)34-13-19(28)25-22-24-12-20(35-22)27(30)31/h5-12,26H,13H2,1-4H3,(H,24,25,28). The molecule has 0 saturated carbocycles. The summed E-state index contributed by atoms with van der Waals surface area (Å²) in [5.41, 5.74) is 1.59. The number of sulfonamides is 1. The Bertz CT molecular complexity index is 1410. The van der Waals surface area contributed by atoms with E-state index in [9.17, 15) is 28.1 Å². The van der Waals surface area contributed by atoms with Gasteiger partial charge in [-0.05, 0) is 65.1 Å². The number of thiazole rings is 1. The third kappa shape index (κ3) is 6.64. The molecule has 0 atom stereocenters. The van der Waals surface area contributed by atoms with Crippen molar-refractivity contribution in [2.45, 2.75) is 38.0 Å². The van der Waals surface area contributed by atoms with Gasteiger partial charge in [0.15, 0.2) is 11.7 Å². The van der Waals surface area contributed by atoms with E-state index in [-0.39, 0.29) is 31.7 Å². The van der Waals surface area contributed by atoms with E-state index in [0.717, 1.165) is 11.8 Å². The number of esters is 1. The fourth-order valence-electron chi connectivity index (χ4n) is 3.02. The summed E-state index contributed by atoms with van der Waals surface area (Å²) in [6.45, 7) is 7.06. The van der Waals surface area contributed by atoms with E-state index in [4.69, 9.17) is 4.74 Å². The molecule has 0 spiro atoms. The van der Waals surface area contributed by atoms with Crippen LogP contribution in [0.2, 0.25) is 0 Å². The molecule has 1 heterocycles. The topological polar surface area (TPSA) is 158 Å². The number of benzene rings is 2. The molecule has 3 aromatic rings. The maximum absolute atomic E-state index is 13.0. The van der Waals surface area contributed by atoms with Crippen LogP contribution in [0.15, 0.2) is 53.6 Å². The number of hydrogen-bond acceptors (Lipinski definition) is 9. The van der Waals surface area contributed by atoms with Crippen LogP contribution in [-0.4, -0.2) is 36.8 Å². The first kappa shape index (κ1) is 26.8. The Hall–Kier alpha value is -3.84. The Morgan fingerprint density at radius 2 is 1.81 bits per heavy atom. The fraction of sp³-hybridized carbons (Fsp3) is 0.261. The minimum Gasteiger partial charge on any atom is -0.452 e. The molecule has 0 saturated heterocycles. The van der Waals surface area contributed by atoms with E-state index in [0.29, 0.717) is 16.9 Å². The highest BCUT2D eigenvalue weighted by atomic mass is 32.2. The van der Waals surface area contributed by atoms with Crippen LogP contribution in [-0.2, 0) is 25.0 Å². The zero-order chi connectivity index (χ0) is 26.7. The normalized spacial score (nSPS) is 11.6. The Kier molecular flexibility index (Phi) is 7.74. The molecule has 0 fully saturated rings. The van der Waals surface area contributed by atoms with Crippen LogP contribution in [0.4, 0.5) is 15.8 Å². The van der Waals surface area contributed by atoms with Gasteiger partial charge in [-0.15, -0.1) is 0 Å². The highest BCUT2D eigenvalue weighted by Gasteiger charge is 2.22. The quantitative estimate of drug-likeness (QED) is 0.247. The number of carbonyl (C=O) groups excluding carboxylic acids is 2. The average molecular weight is 533 g/mol. The lowest BCUT2D eigenvalue weighted by Gasteiger charge is -2.21. The summed E-state index contributed by atoms with van der Waals surface area (Å²) in [6, 6.07) is 10.9. The smallest absolute Gasteiger partial charge is 0.345 e. The zero-order valence-electron chi connectivity index (χ0n) is 19.9. The maximum atomic E-state index is 13.0. The number of nitrogens with zero attached hydrogens (tertiary/aromatic N) is 2. The van der Waals surface area contributed by atoms with Gasteiger partial charge >= 0.3 is 11.0 Å². The summed E-state index contributed by atoms with van der Waals surface area (Å²) in [4.78, 5) is 38.0. The number of amides is 1. The molecular weight excluding hydrogens is 508 g/mol. The first-order valence-electron chi connectivity index (χ1n) is 10.6. The minimum atomic E-state index is -3.88. The van der Waals surface area contributed by atoms with Crippen LogP contribution >= 0.6 is 11.3 Å². The van der Waals surface area contributed by atoms with Gasteiger partial charge in [-0.1, -0.05) is 32.9 Å². The van der Waals surface area contributed by atoms with Crippen molar-refractivity contribution in [2.75, 3.05) is 16.6 Å². The van der Waals surface area contributed by atoms with Gasteiger partial charge in [-0.25, -0.2) is 18.2 Å².